The van der Waals surface area contributed by atoms with Gasteiger partial charge in [-0.3, -0.25) is 9.59 Å². The Morgan fingerprint density at radius 1 is 1.18 bits per heavy atom. The highest BCUT2D eigenvalue weighted by Gasteiger charge is 2.11. The topological polar surface area (TPSA) is 118 Å². The van der Waals surface area contributed by atoms with Crippen LogP contribution in [0.2, 0.25) is 0 Å². The molecular weight excluding hydrogens is 376 g/mol. The number of aromatic nitrogens is 4. The zero-order valence-electron chi connectivity index (χ0n) is 14.6. The van der Waals surface area contributed by atoms with Crippen LogP contribution in [0.5, 0.6) is 0 Å². The van der Waals surface area contributed by atoms with Gasteiger partial charge in [0.05, 0.1) is 17.1 Å². The molecule has 1 amide bonds. The third-order valence-corrected chi connectivity index (χ3v) is 4.78. The van der Waals surface area contributed by atoms with E-state index in [4.69, 9.17) is 5.73 Å². The van der Waals surface area contributed by atoms with Crippen LogP contribution >= 0.6 is 11.8 Å². The number of hydrogen-bond donors (Lipinski definition) is 3. The van der Waals surface area contributed by atoms with Crippen molar-refractivity contribution in [3.63, 3.8) is 0 Å². The molecule has 0 saturated carbocycles. The van der Waals surface area contributed by atoms with Crippen LogP contribution in [-0.2, 0) is 4.79 Å². The molecule has 0 aliphatic rings. The number of carbonyl (C=O) groups excluding carboxylic acids is 1. The number of nitrogens with two attached hydrogens (primary N) is 1. The van der Waals surface area contributed by atoms with Gasteiger partial charge in [0.15, 0.2) is 10.8 Å². The van der Waals surface area contributed by atoms with Crippen LogP contribution in [0, 0.1) is 0 Å². The molecule has 140 valence electrons. The number of rotatable bonds is 5. The minimum absolute atomic E-state index is 0.0691. The van der Waals surface area contributed by atoms with E-state index in [1.807, 2.05) is 53.2 Å². The Balaban J connectivity index is 1.51. The van der Waals surface area contributed by atoms with E-state index in [1.165, 1.54) is 6.07 Å². The number of anilines is 2. The van der Waals surface area contributed by atoms with Crippen molar-refractivity contribution in [3.8, 4) is 11.3 Å². The summed E-state index contributed by atoms with van der Waals surface area (Å²) >= 11 is 1.10. The van der Waals surface area contributed by atoms with Crippen LogP contribution in [0.1, 0.15) is 0 Å². The number of aromatic amines is 1. The van der Waals surface area contributed by atoms with Gasteiger partial charge in [-0.1, -0.05) is 42.1 Å². The minimum Gasteiger partial charge on any atom is -0.383 e. The largest absolute Gasteiger partial charge is 0.383 e. The van der Waals surface area contributed by atoms with Crippen molar-refractivity contribution in [1.29, 1.82) is 0 Å². The highest BCUT2D eigenvalue weighted by atomic mass is 32.2. The number of thioether (sulfide) groups is 1. The van der Waals surface area contributed by atoms with E-state index in [2.05, 4.69) is 20.3 Å². The average molecular weight is 392 g/mol. The Morgan fingerprint density at radius 3 is 2.79 bits per heavy atom. The van der Waals surface area contributed by atoms with Gasteiger partial charge in [-0.05, 0) is 12.1 Å². The molecule has 4 N–H and O–H groups in total. The smallest absolute Gasteiger partial charge is 0.253 e. The van der Waals surface area contributed by atoms with Crippen molar-refractivity contribution < 1.29 is 4.79 Å². The number of fused-ring (bicyclic) bond motifs is 1. The number of imidazole rings is 1. The number of hydrogen-bond acceptors (Lipinski definition) is 6. The SMILES string of the molecule is Nc1cc(=O)[nH]c(SCC(=O)Nc2cccn3cc(-c4ccccc4)nc23)n1. The van der Waals surface area contributed by atoms with E-state index in [1.54, 1.807) is 6.07 Å². The van der Waals surface area contributed by atoms with Crippen LogP contribution in [0.25, 0.3) is 16.9 Å². The number of nitrogen functional groups attached to an aromatic ring is 1. The molecule has 28 heavy (non-hydrogen) atoms. The highest BCUT2D eigenvalue weighted by Crippen LogP contribution is 2.23. The van der Waals surface area contributed by atoms with Gasteiger partial charge in [-0.25, -0.2) is 9.97 Å². The summed E-state index contributed by atoms with van der Waals surface area (Å²) in [6.45, 7) is 0. The number of nitrogens with zero attached hydrogens (tertiary/aromatic N) is 3. The zero-order chi connectivity index (χ0) is 19.5. The third kappa shape index (κ3) is 3.89. The molecule has 1 aromatic carbocycles. The van der Waals surface area contributed by atoms with Gasteiger partial charge in [-0.15, -0.1) is 0 Å². The van der Waals surface area contributed by atoms with Crippen molar-refractivity contribution in [2.45, 2.75) is 5.16 Å². The quantitative estimate of drug-likeness (QED) is 0.355. The number of nitrogens with one attached hydrogen (secondary N) is 2. The molecule has 4 rings (SSSR count). The second-order valence-electron chi connectivity index (χ2n) is 5.96. The number of benzene rings is 1. The first-order chi connectivity index (χ1) is 13.6. The van der Waals surface area contributed by atoms with Gasteiger partial charge in [0.2, 0.25) is 5.91 Å². The molecule has 0 atom stereocenters. The molecular formula is C19H16N6O2S. The van der Waals surface area contributed by atoms with Gasteiger partial charge >= 0.3 is 0 Å². The lowest BCUT2D eigenvalue weighted by molar-refractivity contribution is -0.113. The molecule has 0 aliphatic carbocycles. The van der Waals surface area contributed by atoms with Crippen LogP contribution in [0.4, 0.5) is 11.5 Å². The molecule has 0 unspecified atom stereocenters. The van der Waals surface area contributed by atoms with Crippen molar-refractivity contribution >= 4 is 34.8 Å². The van der Waals surface area contributed by atoms with E-state index >= 15 is 0 Å². The van der Waals surface area contributed by atoms with Gasteiger partial charge in [0, 0.05) is 24.0 Å². The Hall–Kier alpha value is -3.59. The fourth-order valence-corrected chi connectivity index (χ4v) is 3.38. The molecule has 0 aliphatic heterocycles. The Bertz CT molecular complexity index is 1200. The zero-order valence-corrected chi connectivity index (χ0v) is 15.4. The van der Waals surface area contributed by atoms with E-state index in [-0.39, 0.29) is 23.0 Å². The number of H-pyrrole nitrogens is 1. The lowest BCUT2D eigenvalue weighted by Gasteiger charge is -2.06. The van der Waals surface area contributed by atoms with Crippen LogP contribution in [-0.4, -0.2) is 31.0 Å². The van der Waals surface area contributed by atoms with Crippen molar-refractivity contribution in [3.05, 3.63) is 71.3 Å². The van der Waals surface area contributed by atoms with E-state index in [0.29, 0.717) is 16.5 Å². The van der Waals surface area contributed by atoms with Gasteiger partial charge < -0.3 is 20.4 Å². The molecule has 0 radical (unpaired) electrons. The first-order valence-corrected chi connectivity index (χ1v) is 9.40. The summed E-state index contributed by atoms with van der Waals surface area (Å²) in [5.74, 6) is -0.0608. The first-order valence-electron chi connectivity index (χ1n) is 8.41. The molecule has 0 spiro atoms. The molecule has 0 bridgehead atoms. The Labute approximate surface area is 163 Å². The lowest BCUT2D eigenvalue weighted by atomic mass is 10.2. The summed E-state index contributed by atoms with van der Waals surface area (Å²) in [4.78, 5) is 34.9. The van der Waals surface area contributed by atoms with Crippen LogP contribution in [0.15, 0.2) is 70.9 Å². The summed E-state index contributed by atoms with van der Waals surface area (Å²) in [6, 6.07) is 14.6. The van der Waals surface area contributed by atoms with Crippen molar-refractivity contribution in [1.82, 2.24) is 19.4 Å². The molecule has 4 aromatic rings. The second kappa shape index (κ2) is 7.57. The minimum atomic E-state index is -0.356. The summed E-state index contributed by atoms with van der Waals surface area (Å²) in [5, 5.41) is 3.15. The Morgan fingerprint density at radius 2 is 2.00 bits per heavy atom. The fourth-order valence-electron chi connectivity index (χ4n) is 2.70. The molecule has 0 fully saturated rings. The summed E-state index contributed by atoms with van der Waals surface area (Å²) in [6.07, 6.45) is 3.79. The van der Waals surface area contributed by atoms with Gasteiger partial charge in [0.1, 0.15) is 5.82 Å². The van der Waals surface area contributed by atoms with E-state index < -0.39 is 0 Å². The van der Waals surface area contributed by atoms with E-state index in [0.717, 1.165) is 23.0 Å². The lowest BCUT2D eigenvalue weighted by Crippen LogP contribution is -2.16. The molecule has 3 heterocycles. The maximum Gasteiger partial charge on any atom is 0.253 e. The number of pyridine rings is 1. The maximum absolute atomic E-state index is 12.4. The fraction of sp³-hybridized carbons (Fsp3) is 0.0526. The first kappa shape index (κ1) is 17.8. The average Bonchev–Trinajstić information content (AvgIpc) is 3.12. The number of amides is 1. The number of carbonyl (C=O) groups is 1. The monoisotopic (exact) mass is 392 g/mol. The van der Waals surface area contributed by atoms with E-state index in [9.17, 15) is 9.59 Å². The molecule has 0 saturated heterocycles. The molecule has 8 nitrogen and oxygen atoms in total. The van der Waals surface area contributed by atoms with Gasteiger partial charge in [-0.2, -0.15) is 0 Å². The van der Waals surface area contributed by atoms with Crippen molar-refractivity contribution in [2.75, 3.05) is 16.8 Å². The normalized spacial score (nSPS) is 10.9. The Kier molecular flexibility index (Phi) is 4.81. The molecule has 3 aromatic heterocycles. The summed E-state index contributed by atoms with van der Waals surface area (Å²) < 4.78 is 1.86. The van der Waals surface area contributed by atoms with Crippen LogP contribution in [0.3, 0.4) is 0 Å². The van der Waals surface area contributed by atoms with Crippen molar-refractivity contribution in [2.24, 2.45) is 0 Å². The standard InChI is InChI=1S/C19H16N6O2S/c20-15-9-16(26)24-19(23-15)28-11-17(27)21-13-7-4-8-25-10-14(22-18(13)25)12-5-2-1-3-6-12/h1-10H,11H2,(H,21,27)(H3,20,23,24,26). The molecule has 9 heteroatoms. The third-order valence-electron chi connectivity index (χ3n) is 3.91. The van der Waals surface area contributed by atoms with Gasteiger partial charge in [0.25, 0.3) is 5.56 Å². The highest BCUT2D eigenvalue weighted by molar-refractivity contribution is 7.99. The maximum atomic E-state index is 12.4. The summed E-state index contributed by atoms with van der Waals surface area (Å²) in [5.41, 5.74) is 8.25. The van der Waals surface area contributed by atoms with Crippen LogP contribution < -0.4 is 16.6 Å². The summed E-state index contributed by atoms with van der Waals surface area (Å²) in [7, 11) is 0. The second-order valence-corrected chi connectivity index (χ2v) is 6.92. The predicted molar refractivity (Wildman–Crippen MR) is 109 cm³/mol. The predicted octanol–water partition coefficient (Wildman–Crippen LogP) is 2.40.